The van der Waals surface area contributed by atoms with Gasteiger partial charge in [-0.15, -0.1) is 0 Å². The van der Waals surface area contributed by atoms with Crippen LogP contribution in [-0.4, -0.2) is 64.4 Å². The summed E-state index contributed by atoms with van der Waals surface area (Å²) in [6.07, 6.45) is -3.44. The van der Waals surface area contributed by atoms with Gasteiger partial charge in [0.2, 0.25) is 0 Å². The largest absolute Gasteiger partial charge is 0.860 e. The summed E-state index contributed by atoms with van der Waals surface area (Å²) < 4.78 is 87.3. The number of carbonyl (C=O) groups is 2. The lowest BCUT2D eigenvalue weighted by atomic mass is 9.74. The number of hydrogen-bond acceptors (Lipinski definition) is 6. The molecule has 0 atom stereocenters. The first-order valence-electron chi connectivity index (χ1n) is 14.0. The molecule has 0 aliphatic heterocycles. The fraction of sp³-hybridized carbons (Fsp3) is 0.533. The van der Waals surface area contributed by atoms with Crippen LogP contribution in [0.3, 0.4) is 0 Å². The number of Topliss-reactive ketones (excluding diaryl/α,β-unsaturated/α-hetero) is 1. The van der Waals surface area contributed by atoms with Gasteiger partial charge in [0.05, 0.1) is 40.7 Å². The Morgan fingerprint density at radius 1 is 1.18 bits per heavy atom. The van der Waals surface area contributed by atoms with Crippen LogP contribution in [0.4, 0.5) is 26.3 Å². The van der Waals surface area contributed by atoms with E-state index in [-0.39, 0.29) is 50.8 Å². The van der Waals surface area contributed by atoms with Gasteiger partial charge in [0, 0.05) is 11.8 Å². The molecule has 0 aromatic heterocycles. The number of benzene rings is 1. The maximum absolute atomic E-state index is 15.7. The highest BCUT2D eigenvalue weighted by Crippen LogP contribution is 2.39. The molecule has 2 aliphatic rings. The van der Waals surface area contributed by atoms with Crippen LogP contribution in [0.1, 0.15) is 74.2 Å². The molecule has 242 valence electrons. The number of carboxylic acid groups (broad SMARTS) is 1. The van der Waals surface area contributed by atoms with Gasteiger partial charge in [0.1, 0.15) is 11.4 Å². The Hall–Kier alpha value is -3.35. The van der Waals surface area contributed by atoms with E-state index in [4.69, 9.17) is 17.0 Å². The second kappa shape index (κ2) is 13.3. The Morgan fingerprint density at radius 3 is 2.27 bits per heavy atom. The fourth-order valence-electron chi connectivity index (χ4n) is 5.60. The van der Waals surface area contributed by atoms with Gasteiger partial charge in [0.25, 0.3) is 0 Å². The zero-order valence-electron chi connectivity index (χ0n) is 24.0. The molecule has 2 fully saturated rings. The van der Waals surface area contributed by atoms with Crippen LogP contribution < -0.4 is 5.11 Å². The molecule has 2 N–H and O–H groups in total. The summed E-state index contributed by atoms with van der Waals surface area (Å²) in [4.78, 5) is 29.5. The number of rotatable bonds is 12. The van der Waals surface area contributed by atoms with Crippen LogP contribution in [0.15, 0.2) is 47.3 Å². The smallest absolute Gasteiger partial charge is 0.417 e. The maximum Gasteiger partial charge on any atom is 0.417 e. The number of carbonyl (C=O) groups excluding carboxylic acids is 1. The van der Waals surface area contributed by atoms with Crippen LogP contribution in [0.25, 0.3) is 0 Å². The standard InChI is InChI=1S/C30H34ClF6N3O4/c1-3-29(33,34)24(39-18-9-13-27(2,14-10-18)26(43)44)19(15-38)25(42)40(17-28(32)11-4-5-12-28)16-22(41)23-20(30(35,36)37)7-6-8-21(23)31/h3,6-8,15,18,38,42H,1,4-5,9-14,16-17H2,2H3,(H,43,44)/p-1. The van der Waals surface area contributed by atoms with Crippen molar-refractivity contribution < 1.29 is 46.1 Å². The van der Waals surface area contributed by atoms with Crippen molar-refractivity contribution >= 4 is 35.3 Å². The molecule has 0 bridgehead atoms. The van der Waals surface area contributed by atoms with E-state index in [0.717, 1.165) is 12.1 Å². The van der Waals surface area contributed by atoms with E-state index in [0.29, 0.717) is 23.8 Å². The summed E-state index contributed by atoms with van der Waals surface area (Å²) in [7, 11) is 0. The molecule has 1 aromatic carbocycles. The number of allylic oxidation sites excluding steroid dienone is 2. The summed E-state index contributed by atoms with van der Waals surface area (Å²) in [5.74, 6) is -7.77. The number of alkyl halides is 6. The van der Waals surface area contributed by atoms with E-state index in [2.05, 4.69) is 11.6 Å². The molecular weight excluding hydrogens is 616 g/mol. The number of carboxylic acids is 1. The molecule has 3 rings (SSSR count). The summed E-state index contributed by atoms with van der Waals surface area (Å²) in [5, 5.41) is 30.6. The van der Waals surface area contributed by atoms with Crippen molar-refractivity contribution in [2.24, 2.45) is 10.4 Å². The van der Waals surface area contributed by atoms with Crippen LogP contribution in [0, 0.1) is 10.8 Å². The van der Waals surface area contributed by atoms with Crippen molar-refractivity contribution in [3.05, 3.63) is 58.5 Å². The average molecular weight is 649 g/mol. The van der Waals surface area contributed by atoms with Gasteiger partial charge in [-0.3, -0.25) is 14.6 Å². The molecule has 0 radical (unpaired) electrons. The van der Waals surface area contributed by atoms with Crippen LogP contribution >= 0.6 is 11.6 Å². The minimum atomic E-state index is -5.01. The normalized spacial score (nSPS) is 23.1. The fourth-order valence-corrected chi connectivity index (χ4v) is 5.88. The quantitative estimate of drug-likeness (QED) is 0.0866. The van der Waals surface area contributed by atoms with E-state index >= 15 is 13.2 Å². The molecule has 1 aromatic rings. The second-order valence-corrected chi connectivity index (χ2v) is 12.0. The van der Waals surface area contributed by atoms with Crippen LogP contribution in [-0.2, 0) is 11.0 Å². The number of ketones is 1. The molecule has 0 spiro atoms. The molecule has 2 aliphatic carbocycles. The van der Waals surface area contributed by atoms with Crippen molar-refractivity contribution in [1.29, 1.82) is 5.41 Å². The third kappa shape index (κ3) is 7.83. The highest BCUT2D eigenvalue weighted by molar-refractivity contribution is 6.34. The number of hydrogen-bond donors (Lipinski definition) is 2. The van der Waals surface area contributed by atoms with Gasteiger partial charge < -0.3 is 20.5 Å². The number of halogens is 7. The average Bonchev–Trinajstić information content (AvgIpc) is 3.38. The van der Waals surface area contributed by atoms with Crippen molar-refractivity contribution in [2.75, 3.05) is 13.1 Å². The summed E-state index contributed by atoms with van der Waals surface area (Å²) in [5.41, 5.74) is -7.71. The van der Waals surface area contributed by atoms with Crippen LogP contribution in [0.2, 0.25) is 5.02 Å². The van der Waals surface area contributed by atoms with Gasteiger partial charge in [-0.05, 0) is 69.5 Å². The Morgan fingerprint density at radius 2 is 1.77 bits per heavy atom. The first kappa shape index (κ1) is 35.1. The first-order chi connectivity index (χ1) is 20.4. The lowest BCUT2D eigenvalue weighted by molar-refractivity contribution is -0.334. The molecule has 0 amide bonds. The molecule has 44 heavy (non-hydrogen) atoms. The van der Waals surface area contributed by atoms with Crippen molar-refractivity contribution in [3.63, 3.8) is 0 Å². The van der Waals surface area contributed by atoms with E-state index in [9.17, 15) is 33.0 Å². The monoisotopic (exact) mass is 648 g/mol. The molecular formula is C30H33ClF6N3O4-. The number of nitrogens with one attached hydrogen (secondary N) is 1. The topological polar surface area (TPSA) is 117 Å². The zero-order chi connectivity index (χ0) is 33.1. The molecule has 0 unspecified atom stereocenters. The van der Waals surface area contributed by atoms with Crippen molar-refractivity contribution in [2.45, 2.75) is 82.1 Å². The lowest BCUT2D eigenvalue weighted by Crippen LogP contribution is -2.46. The van der Waals surface area contributed by atoms with Gasteiger partial charge in [-0.1, -0.05) is 37.1 Å². The third-order valence-electron chi connectivity index (χ3n) is 8.28. The number of aliphatic imine (C=N–C) groups is 1. The van der Waals surface area contributed by atoms with Gasteiger partial charge in [-0.25, -0.2) is 4.39 Å². The van der Waals surface area contributed by atoms with Crippen molar-refractivity contribution in [1.82, 2.24) is 4.90 Å². The molecule has 0 heterocycles. The summed E-state index contributed by atoms with van der Waals surface area (Å²) >= 11 is 5.95. The van der Waals surface area contributed by atoms with E-state index in [1.165, 1.54) is 6.92 Å². The third-order valence-corrected chi connectivity index (χ3v) is 8.60. The van der Waals surface area contributed by atoms with Gasteiger partial charge in [0.15, 0.2) is 5.78 Å². The maximum atomic E-state index is 15.7. The van der Waals surface area contributed by atoms with Crippen molar-refractivity contribution in [3.8, 4) is 0 Å². The first-order valence-corrected chi connectivity index (χ1v) is 14.3. The molecule has 2 saturated carbocycles. The number of nitrogens with zero attached hydrogens (tertiary/aromatic N) is 2. The molecule has 7 nitrogen and oxygen atoms in total. The Bertz CT molecular complexity index is 1350. The highest BCUT2D eigenvalue weighted by Gasteiger charge is 2.42. The molecule has 0 saturated heterocycles. The Balaban J connectivity index is 2.12. The van der Waals surface area contributed by atoms with E-state index < -0.39 is 87.4 Å². The Kier molecular flexibility index (Phi) is 10.6. The van der Waals surface area contributed by atoms with Crippen LogP contribution in [0.5, 0.6) is 0 Å². The predicted molar refractivity (Wildman–Crippen MR) is 151 cm³/mol. The number of aliphatic carboxylic acids is 1. The molecule has 14 heteroatoms. The SMILES string of the molecule is C=CC(F)(F)C(=NC1CCC(C)(C(=O)O)CC1)C(C=N)=C([O-])N(CC(=O)c1c(Cl)cccc1C(F)(F)F)CC1(F)CCCC1. The predicted octanol–water partition coefficient (Wildman–Crippen LogP) is 6.64. The van der Waals surface area contributed by atoms with E-state index in [1.54, 1.807) is 0 Å². The van der Waals surface area contributed by atoms with Gasteiger partial charge >= 0.3 is 18.1 Å². The highest BCUT2D eigenvalue weighted by atomic mass is 35.5. The Labute approximate surface area is 255 Å². The minimum Gasteiger partial charge on any atom is -0.860 e. The second-order valence-electron chi connectivity index (χ2n) is 11.6. The summed E-state index contributed by atoms with van der Waals surface area (Å²) in [6, 6.07) is 1.77. The minimum absolute atomic E-state index is 0.0427. The van der Waals surface area contributed by atoms with Gasteiger partial charge in [-0.2, -0.15) is 22.0 Å². The lowest BCUT2D eigenvalue weighted by Gasteiger charge is -2.38. The zero-order valence-corrected chi connectivity index (χ0v) is 24.7. The summed E-state index contributed by atoms with van der Waals surface area (Å²) in [6.45, 7) is 2.63. The van der Waals surface area contributed by atoms with E-state index in [1.807, 2.05) is 0 Å².